The molecule has 2 aliphatic carbocycles. The Hall–Kier alpha value is -1.48. The van der Waals surface area contributed by atoms with Crippen LogP contribution in [0.3, 0.4) is 0 Å². The fourth-order valence-electron chi connectivity index (χ4n) is 3.51. The Bertz CT molecular complexity index is 635. The van der Waals surface area contributed by atoms with E-state index in [1.165, 1.54) is 35.1 Å². The van der Waals surface area contributed by atoms with Crippen molar-refractivity contribution in [1.29, 1.82) is 0 Å². The molecule has 2 atom stereocenters. The van der Waals surface area contributed by atoms with Gasteiger partial charge >= 0.3 is 18.9 Å². The summed E-state index contributed by atoms with van der Waals surface area (Å²) in [6, 6.07) is 17.6. The maximum atomic E-state index is 2.37. The Balaban J connectivity index is 0.00000132. The van der Waals surface area contributed by atoms with Crippen LogP contribution in [0.1, 0.15) is 46.9 Å². The minimum absolute atomic E-state index is 0. The van der Waals surface area contributed by atoms with Crippen molar-refractivity contribution < 1.29 is 0 Å². The standard InChI is InChI=1S/C20H18.Li.H/c1-3-7-19-15(5-1)9-11-17(19)13-14-18-12-10-16-6-2-4-8-20(16)18;;/h1-12,17-18H,13-14H2;;. The van der Waals surface area contributed by atoms with Crippen LogP contribution in [0.15, 0.2) is 60.7 Å². The molecule has 4 rings (SSSR count). The summed E-state index contributed by atoms with van der Waals surface area (Å²) in [6.45, 7) is 0. The van der Waals surface area contributed by atoms with Crippen molar-refractivity contribution in [3.05, 3.63) is 82.9 Å². The number of hydrogen-bond acceptors (Lipinski definition) is 0. The molecule has 0 nitrogen and oxygen atoms in total. The normalized spacial score (nSPS) is 21.0. The average molecular weight is 266 g/mol. The second-order valence-corrected chi connectivity index (χ2v) is 5.77. The number of hydrogen-bond donors (Lipinski definition) is 0. The van der Waals surface area contributed by atoms with E-state index in [1.54, 1.807) is 0 Å². The zero-order chi connectivity index (χ0) is 13.4. The van der Waals surface area contributed by atoms with Gasteiger partial charge in [-0.05, 0) is 35.1 Å². The van der Waals surface area contributed by atoms with Crippen molar-refractivity contribution in [2.24, 2.45) is 0 Å². The van der Waals surface area contributed by atoms with Crippen molar-refractivity contribution in [2.75, 3.05) is 0 Å². The van der Waals surface area contributed by atoms with E-state index in [9.17, 15) is 0 Å². The van der Waals surface area contributed by atoms with Crippen LogP contribution in [0, 0.1) is 0 Å². The van der Waals surface area contributed by atoms with Gasteiger partial charge in [0.1, 0.15) is 0 Å². The quantitative estimate of drug-likeness (QED) is 0.704. The van der Waals surface area contributed by atoms with Crippen molar-refractivity contribution >= 4 is 31.0 Å². The van der Waals surface area contributed by atoms with Crippen molar-refractivity contribution in [2.45, 2.75) is 24.7 Å². The molecule has 0 radical (unpaired) electrons. The Morgan fingerprint density at radius 1 is 0.619 bits per heavy atom. The molecule has 0 heterocycles. The van der Waals surface area contributed by atoms with Crippen LogP contribution in [-0.4, -0.2) is 18.9 Å². The van der Waals surface area contributed by atoms with Crippen molar-refractivity contribution in [3.8, 4) is 0 Å². The molecule has 0 amide bonds. The zero-order valence-electron chi connectivity index (χ0n) is 11.5. The van der Waals surface area contributed by atoms with E-state index in [4.69, 9.17) is 0 Å². The van der Waals surface area contributed by atoms with Crippen LogP contribution in [0.5, 0.6) is 0 Å². The van der Waals surface area contributed by atoms with Gasteiger partial charge < -0.3 is 0 Å². The molecule has 0 bridgehead atoms. The monoisotopic (exact) mass is 266 g/mol. The fourth-order valence-corrected chi connectivity index (χ4v) is 3.51. The molecule has 2 aromatic rings. The second kappa shape index (κ2) is 6.10. The average Bonchev–Trinajstić information content (AvgIpc) is 3.09. The van der Waals surface area contributed by atoms with Gasteiger partial charge in [0.05, 0.1) is 0 Å². The summed E-state index contributed by atoms with van der Waals surface area (Å²) in [5.74, 6) is 1.21. The molecule has 2 aromatic carbocycles. The van der Waals surface area contributed by atoms with E-state index in [2.05, 4.69) is 72.8 Å². The molecule has 0 spiro atoms. The molecule has 0 aromatic heterocycles. The van der Waals surface area contributed by atoms with Gasteiger partial charge in [0.15, 0.2) is 0 Å². The minimum atomic E-state index is 0. The van der Waals surface area contributed by atoms with Crippen LogP contribution in [0.2, 0.25) is 0 Å². The van der Waals surface area contributed by atoms with Gasteiger partial charge in [0.25, 0.3) is 0 Å². The van der Waals surface area contributed by atoms with E-state index >= 15 is 0 Å². The molecular weight excluding hydrogens is 247 g/mol. The van der Waals surface area contributed by atoms with E-state index in [1.807, 2.05) is 0 Å². The SMILES string of the molecule is C1=CC(CCC2C=Cc3ccccc32)c2ccccc21.[LiH]. The van der Waals surface area contributed by atoms with Crippen molar-refractivity contribution in [3.63, 3.8) is 0 Å². The molecule has 0 saturated heterocycles. The Morgan fingerprint density at radius 3 is 1.52 bits per heavy atom. The summed E-state index contributed by atoms with van der Waals surface area (Å²) in [4.78, 5) is 0. The molecule has 0 aliphatic heterocycles. The molecule has 0 N–H and O–H groups in total. The predicted octanol–water partition coefficient (Wildman–Crippen LogP) is 4.74. The summed E-state index contributed by atoms with van der Waals surface area (Å²) < 4.78 is 0. The van der Waals surface area contributed by atoms with Crippen LogP contribution in [0.25, 0.3) is 12.2 Å². The first-order valence-corrected chi connectivity index (χ1v) is 7.46. The van der Waals surface area contributed by atoms with Gasteiger partial charge in [0.2, 0.25) is 0 Å². The van der Waals surface area contributed by atoms with E-state index in [-0.39, 0.29) is 18.9 Å². The molecule has 0 saturated carbocycles. The fraction of sp³-hybridized carbons (Fsp3) is 0.200. The van der Waals surface area contributed by atoms with Crippen molar-refractivity contribution in [1.82, 2.24) is 0 Å². The van der Waals surface area contributed by atoms with E-state index in [0.717, 1.165) is 0 Å². The molecule has 2 aliphatic rings. The van der Waals surface area contributed by atoms with E-state index in [0.29, 0.717) is 11.8 Å². The predicted molar refractivity (Wildman–Crippen MR) is 92.8 cm³/mol. The molecule has 1 heteroatoms. The summed E-state index contributed by atoms with van der Waals surface area (Å²) in [6.07, 6.45) is 11.8. The Labute approximate surface area is 138 Å². The van der Waals surface area contributed by atoms with Crippen LogP contribution in [0.4, 0.5) is 0 Å². The molecule has 0 fully saturated rings. The van der Waals surface area contributed by atoms with Gasteiger partial charge in [0, 0.05) is 11.8 Å². The first-order valence-electron chi connectivity index (χ1n) is 7.46. The van der Waals surface area contributed by atoms with Crippen LogP contribution < -0.4 is 0 Å². The zero-order valence-corrected chi connectivity index (χ0v) is 11.5. The Morgan fingerprint density at radius 2 is 1.05 bits per heavy atom. The second-order valence-electron chi connectivity index (χ2n) is 5.77. The third-order valence-electron chi connectivity index (χ3n) is 4.60. The summed E-state index contributed by atoms with van der Waals surface area (Å²) in [5.41, 5.74) is 5.81. The maximum absolute atomic E-state index is 2.37. The van der Waals surface area contributed by atoms with Gasteiger partial charge in [-0.3, -0.25) is 0 Å². The third-order valence-corrected chi connectivity index (χ3v) is 4.60. The number of fused-ring (bicyclic) bond motifs is 2. The van der Waals surface area contributed by atoms with Gasteiger partial charge in [-0.25, -0.2) is 0 Å². The first kappa shape index (κ1) is 14.5. The third kappa shape index (κ3) is 2.67. The van der Waals surface area contributed by atoms with E-state index < -0.39 is 0 Å². The summed E-state index contributed by atoms with van der Waals surface area (Å²) >= 11 is 0. The van der Waals surface area contributed by atoms with Gasteiger partial charge in [-0.15, -0.1) is 0 Å². The Kier molecular flexibility index (Phi) is 4.20. The first-order chi connectivity index (χ1) is 9.92. The molecule has 2 unspecified atom stereocenters. The summed E-state index contributed by atoms with van der Waals surface area (Å²) in [7, 11) is 0. The molecule has 21 heavy (non-hydrogen) atoms. The topological polar surface area (TPSA) is 0 Å². The van der Waals surface area contributed by atoms with Crippen LogP contribution in [-0.2, 0) is 0 Å². The number of benzene rings is 2. The summed E-state index contributed by atoms with van der Waals surface area (Å²) in [5, 5.41) is 0. The molecule has 100 valence electrons. The van der Waals surface area contributed by atoms with Crippen LogP contribution >= 0.6 is 0 Å². The molecular formula is C20H19Li. The van der Waals surface area contributed by atoms with Gasteiger partial charge in [-0.1, -0.05) is 72.8 Å². The number of allylic oxidation sites excluding steroid dienone is 2. The number of rotatable bonds is 3. The van der Waals surface area contributed by atoms with Gasteiger partial charge in [-0.2, -0.15) is 0 Å².